The van der Waals surface area contributed by atoms with Crippen LogP contribution in [0.1, 0.15) is 37.3 Å². The van der Waals surface area contributed by atoms with Gasteiger partial charge in [-0.25, -0.2) is 4.79 Å². The molecule has 0 saturated carbocycles. The van der Waals surface area contributed by atoms with Crippen molar-refractivity contribution in [1.29, 1.82) is 0 Å². The van der Waals surface area contributed by atoms with E-state index in [0.29, 0.717) is 6.61 Å². The number of benzene rings is 2. The first-order valence-corrected chi connectivity index (χ1v) is 7.74. The summed E-state index contributed by atoms with van der Waals surface area (Å²) in [7, 11) is 0. The highest BCUT2D eigenvalue weighted by atomic mass is 16.7. The summed E-state index contributed by atoms with van der Waals surface area (Å²) in [5.41, 5.74) is 5.75. The molecule has 3 rings (SSSR count). The third-order valence-corrected chi connectivity index (χ3v) is 3.68. The fourth-order valence-corrected chi connectivity index (χ4v) is 2.59. The van der Waals surface area contributed by atoms with Gasteiger partial charge in [0.15, 0.2) is 0 Å². The molecule has 0 atom stereocenters. The predicted octanol–water partition coefficient (Wildman–Crippen LogP) is 5.13. The summed E-state index contributed by atoms with van der Waals surface area (Å²) in [5.74, 6) is 0. The molecular weight excluding hydrogens is 276 g/mol. The maximum absolute atomic E-state index is 9.74. The van der Waals surface area contributed by atoms with Crippen molar-refractivity contribution < 1.29 is 14.6 Å². The number of rotatable bonds is 4. The molecule has 22 heavy (non-hydrogen) atoms. The Labute approximate surface area is 131 Å². The van der Waals surface area contributed by atoms with E-state index >= 15 is 0 Å². The predicted molar refractivity (Wildman–Crippen MR) is 88.2 cm³/mol. The van der Waals surface area contributed by atoms with E-state index in [0.717, 1.165) is 25.7 Å². The van der Waals surface area contributed by atoms with Gasteiger partial charge in [0.05, 0.1) is 6.61 Å². The number of carboxylic acid groups (broad SMARTS) is 1. The largest absolute Gasteiger partial charge is 0.505 e. The number of carbonyl (C=O) groups is 1. The maximum Gasteiger partial charge on any atom is 0.505 e. The Morgan fingerprint density at radius 3 is 2.05 bits per heavy atom. The van der Waals surface area contributed by atoms with Gasteiger partial charge in [0.25, 0.3) is 0 Å². The van der Waals surface area contributed by atoms with Crippen LogP contribution in [0.3, 0.4) is 0 Å². The molecule has 0 aromatic heterocycles. The molecule has 0 spiro atoms. The Kier molecular flexibility index (Phi) is 6.01. The first-order valence-electron chi connectivity index (χ1n) is 7.74. The molecule has 0 bridgehead atoms. The van der Waals surface area contributed by atoms with Gasteiger partial charge in [-0.2, -0.15) is 0 Å². The SMILES string of the molecule is CCCCCOC(=O)O.c1ccc2c(c1)Cc1ccccc1-2. The third-order valence-electron chi connectivity index (χ3n) is 3.68. The van der Waals surface area contributed by atoms with Crippen molar-refractivity contribution in [2.75, 3.05) is 6.61 Å². The van der Waals surface area contributed by atoms with E-state index in [4.69, 9.17) is 5.11 Å². The summed E-state index contributed by atoms with van der Waals surface area (Å²) in [6.07, 6.45) is 2.89. The Bertz CT molecular complexity index is 576. The molecule has 3 nitrogen and oxygen atoms in total. The topological polar surface area (TPSA) is 46.5 Å². The van der Waals surface area contributed by atoms with Crippen molar-refractivity contribution in [3.05, 3.63) is 59.7 Å². The first-order chi connectivity index (χ1) is 10.7. The highest BCUT2D eigenvalue weighted by molar-refractivity contribution is 5.76. The second-order valence-corrected chi connectivity index (χ2v) is 5.31. The van der Waals surface area contributed by atoms with Crippen LogP contribution in [0.2, 0.25) is 0 Å². The lowest BCUT2D eigenvalue weighted by Gasteiger charge is -1.98. The lowest BCUT2D eigenvalue weighted by atomic mass is 10.1. The van der Waals surface area contributed by atoms with Crippen LogP contribution in [-0.4, -0.2) is 17.9 Å². The van der Waals surface area contributed by atoms with E-state index in [2.05, 4.69) is 60.2 Å². The van der Waals surface area contributed by atoms with E-state index < -0.39 is 6.16 Å². The van der Waals surface area contributed by atoms with Gasteiger partial charge in [-0.1, -0.05) is 68.3 Å². The number of hydrogen-bond acceptors (Lipinski definition) is 2. The van der Waals surface area contributed by atoms with Gasteiger partial charge in [0.1, 0.15) is 0 Å². The fourth-order valence-electron chi connectivity index (χ4n) is 2.59. The zero-order valence-electron chi connectivity index (χ0n) is 12.9. The molecule has 0 amide bonds. The van der Waals surface area contributed by atoms with E-state index in [1.807, 2.05) is 0 Å². The summed E-state index contributed by atoms with van der Waals surface area (Å²) in [4.78, 5) is 9.74. The maximum atomic E-state index is 9.74. The van der Waals surface area contributed by atoms with E-state index in [1.54, 1.807) is 0 Å². The van der Waals surface area contributed by atoms with Gasteiger partial charge < -0.3 is 9.84 Å². The molecule has 1 N–H and O–H groups in total. The molecule has 0 aliphatic heterocycles. The second-order valence-electron chi connectivity index (χ2n) is 5.31. The zero-order valence-corrected chi connectivity index (χ0v) is 12.9. The lowest BCUT2D eigenvalue weighted by Crippen LogP contribution is -2.00. The average Bonchev–Trinajstić information content (AvgIpc) is 2.91. The molecule has 1 aliphatic carbocycles. The summed E-state index contributed by atoms with van der Waals surface area (Å²) < 4.78 is 4.26. The highest BCUT2D eigenvalue weighted by Crippen LogP contribution is 2.35. The van der Waals surface area contributed by atoms with Crippen LogP contribution >= 0.6 is 0 Å². The van der Waals surface area contributed by atoms with Crippen LogP contribution in [0, 0.1) is 0 Å². The zero-order chi connectivity index (χ0) is 15.8. The van der Waals surface area contributed by atoms with Crippen LogP contribution in [0.4, 0.5) is 4.79 Å². The standard InChI is InChI=1S/C13H10.C6H12O3/c1-3-7-12-10(5-1)9-11-6-2-4-8-13(11)12;1-2-3-4-5-9-6(7)8/h1-8H,9H2;2-5H2,1H3,(H,7,8). The minimum Gasteiger partial charge on any atom is -0.450 e. The minimum absolute atomic E-state index is 0.336. The molecule has 2 aromatic rings. The molecule has 0 heterocycles. The summed E-state index contributed by atoms with van der Waals surface area (Å²) in [6, 6.07) is 17.3. The van der Waals surface area contributed by atoms with Crippen LogP contribution in [-0.2, 0) is 11.2 Å². The van der Waals surface area contributed by atoms with Crippen LogP contribution < -0.4 is 0 Å². The number of ether oxygens (including phenoxy) is 1. The Hall–Kier alpha value is -2.29. The van der Waals surface area contributed by atoms with Crippen molar-refractivity contribution >= 4 is 6.16 Å². The van der Waals surface area contributed by atoms with E-state index in [1.165, 1.54) is 22.3 Å². The van der Waals surface area contributed by atoms with Crippen LogP contribution in [0.25, 0.3) is 11.1 Å². The van der Waals surface area contributed by atoms with Gasteiger partial charge in [-0.05, 0) is 35.1 Å². The van der Waals surface area contributed by atoms with Crippen molar-refractivity contribution in [2.45, 2.75) is 32.6 Å². The average molecular weight is 298 g/mol. The third kappa shape index (κ3) is 4.35. The molecule has 0 saturated heterocycles. The molecule has 116 valence electrons. The molecule has 0 fully saturated rings. The Balaban J connectivity index is 0.000000175. The van der Waals surface area contributed by atoms with Gasteiger partial charge in [-0.3, -0.25) is 0 Å². The van der Waals surface area contributed by atoms with Crippen molar-refractivity contribution in [3.8, 4) is 11.1 Å². The first kappa shape index (κ1) is 16.1. The Morgan fingerprint density at radius 2 is 1.55 bits per heavy atom. The van der Waals surface area contributed by atoms with Crippen molar-refractivity contribution in [1.82, 2.24) is 0 Å². The van der Waals surface area contributed by atoms with Gasteiger partial charge in [0.2, 0.25) is 0 Å². The number of unbranched alkanes of at least 4 members (excludes halogenated alkanes) is 2. The smallest absolute Gasteiger partial charge is 0.450 e. The van der Waals surface area contributed by atoms with Gasteiger partial charge in [0, 0.05) is 0 Å². The van der Waals surface area contributed by atoms with Crippen LogP contribution in [0.5, 0.6) is 0 Å². The van der Waals surface area contributed by atoms with Gasteiger partial charge in [-0.15, -0.1) is 0 Å². The number of fused-ring (bicyclic) bond motifs is 3. The monoisotopic (exact) mass is 298 g/mol. The quantitative estimate of drug-likeness (QED) is 0.536. The molecule has 3 heteroatoms. The second kappa shape index (κ2) is 8.23. The van der Waals surface area contributed by atoms with Crippen molar-refractivity contribution in [3.63, 3.8) is 0 Å². The van der Waals surface area contributed by atoms with Gasteiger partial charge >= 0.3 is 6.16 Å². The van der Waals surface area contributed by atoms with E-state index in [9.17, 15) is 4.79 Å². The molecule has 1 aliphatic rings. The molecule has 0 radical (unpaired) electrons. The summed E-state index contributed by atoms with van der Waals surface area (Å²) in [6.45, 7) is 2.39. The number of hydrogen-bond donors (Lipinski definition) is 1. The summed E-state index contributed by atoms with van der Waals surface area (Å²) in [5, 5.41) is 7.99. The minimum atomic E-state index is -1.17. The van der Waals surface area contributed by atoms with E-state index in [-0.39, 0.29) is 0 Å². The molecular formula is C19H22O3. The molecule has 2 aromatic carbocycles. The molecule has 0 unspecified atom stereocenters. The van der Waals surface area contributed by atoms with Crippen LogP contribution in [0.15, 0.2) is 48.5 Å². The fraction of sp³-hybridized carbons (Fsp3) is 0.316. The summed E-state index contributed by atoms with van der Waals surface area (Å²) >= 11 is 0. The van der Waals surface area contributed by atoms with Crippen molar-refractivity contribution in [2.24, 2.45) is 0 Å². The highest BCUT2D eigenvalue weighted by Gasteiger charge is 2.15. The lowest BCUT2D eigenvalue weighted by molar-refractivity contribution is 0.0901. The Morgan fingerprint density at radius 1 is 1.00 bits per heavy atom. The normalized spacial score (nSPS) is 11.0.